The molecule has 72 valence electrons. The van der Waals surface area contributed by atoms with Gasteiger partial charge in [-0.2, -0.15) is 0 Å². The Hall–Kier alpha value is -0.260. The summed E-state index contributed by atoms with van der Waals surface area (Å²) in [6, 6.07) is 0. The molecule has 0 nitrogen and oxygen atoms in total. The van der Waals surface area contributed by atoms with Crippen LogP contribution in [0.25, 0.3) is 0 Å². The van der Waals surface area contributed by atoms with Crippen molar-refractivity contribution in [1.82, 2.24) is 0 Å². The van der Waals surface area contributed by atoms with Crippen LogP contribution in [0.3, 0.4) is 0 Å². The van der Waals surface area contributed by atoms with Gasteiger partial charge in [-0.3, -0.25) is 0 Å². The highest BCUT2D eigenvalue weighted by Gasteiger charge is 1.98. The van der Waals surface area contributed by atoms with Gasteiger partial charge in [0.2, 0.25) is 0 Å². The predicted molar refractivity (Wildman–Crippen MR) is 57.4 cm³/mol. The van der Waals surface area contributed by atoms with Gasteiger partial charge in [0.05, 0.1) is 0 Å². The van der Waals surface area contributed by atoms with E-state index in [1.54, 1.807) is 5.57 Å². The highest BCUT2D eigenvalue weighted by molar-refractivity contribution is 5.03. The lowest BCUT2D eigenvalue weighted by molar-refractivity contribution is 0.695. The summed E-state index contributed by atoms with van der Waals surface area (Å²) in [6.45, 7) is 9.09. The van der Waals surface area contributed by atoms with Crippen molar-refractivity contribution < 1.29 is 0 Å². The first-order chi connectivity index (χ1) is 5.72. The maximum Gasteiger partial charge on any atom is -0.0260 e. The molecule has 0 saturated heterocycles. The van der Waals surface area contributed by atoms with E-state index in [0.29, 0.717) is 0 Å². The van der Waals surface area contributed by atoms with Crippen LogP contribution in [0.4, 0.5) is 0 Å². The Morgan fingerprint density at radius 2 is 1.83 bits per heavy atom. The molecule has 0 heterocycles. The predicted octanol–water partition coefficient (Wildman–Crippen LogP) is 4.56. The van der Waals surface area contributed by atoms with Gasteiger partial charge in [0.25, 0.3) is 0 Å². The third-order valence-electron chi connectivity index (χ3n) is 2.36. The van der Waals surface area contributed by atoms with E-state index in [1.165, 1.54) is 32.1 Å². The molecule has 12 heavy (non-hydrogen) atoms. The Bertz CT molecular complexity index is 120. The fraction of sp³-hybridized carbons (Fsp3) is 0.833. The molecule has 0 aromatic rings. The molecule has 0 saturated carbocycles. The van der Waals surface area contributed by atoms with Crippen LogP contribution >= 0.6 is 0 Å². The maximum atomic E-state index is 2.44. The number of rotatable bonds is 6. The Labute approximate surface area is 78.1 Å². The van der Waals surface area contributed by atoms with E-state index in [2.05, 4.69) is 33.8 Å². The first-order valence-corrected chi connectivity index (χ1v) is 5.41. The molecule has 0 aliphatic carbocycles. The highest BCUT2D eigenvalue weighted by Crippen LogP contribution is 2.15. The van der Waals surface area contributed by atoms with Crippen LogP contribution in [-0.2, 0) is 0 Å². The second-order valence-electron chi connectivity index (χ2n) is 3.78. The van der Waals surface area contributed by atoms with Crippen LogP contribution in [0.1, 0.15) is 59.8 Å². The molecule has 0 atom stereocenters. The van der Waals surface area contributed by atoms with Gasteiger partial charge in [-0.15, -0.1) is 0 Å². The van der Waals surface area contributed by atoms with Crippen LogP contribution in [-0.4, -0.2) is 0 Å². The normalized spacial score (nSPS) is 12.6. The van der Waals surface area contributed by atoms with E-state index >= 15 is 0 Å². The maximum absolute atomic E-state index is 2.44. The van der Waals surface area contributed by atoms with Crippen molar-refractivity contribution in [1.29, 1.82) is 0 Å². The van der Waals surface area contributed by atoms with Crippen LogP contribution in [0, 0.1) is 5.92 Å². The van der Waals surface area contributed by atoms with Crippen molar-refractivity contribution in [3.05, 3.63) is 11.6 Å². The molecular weight excluding hydrogens is 144 g/mol. The molecular formula is C12H24. The van der Waals surface area contributed by atoms with Crippen molar-refractivity contribution in [2.75, 3.05) is 0 Å². The molecule has 0 aromatic carbocycles. The minimum absolute atomic E-state index is 0.747. The average Bonchev–Trinajstić information content (AvgIpc) is 2.04. The Balaban J connectivity index is 3.63. The second kappa shape index (κ2) is 7.39. The van der Waals surface area contributed by atoms with E-state index in [1.807, 2.05) is 0 Å². The van der Waals surface area contributed by atoms with Gasteiger partial charge in [-0.1, -0.05) is 52.2 Å². The van der Waals surface area contributed by atoms with Crippen LogP contribution in [0.15, 0.2) is 11.6 Å². The summed E-state index contributed by atoms with van der Waals surface area (Å²) in [4.78, 5) is 0. The summed E-state index contributed by atoms with van der Waals surface area (Å²) < 4.78 is 0. The summed E-state index contributed by atoms with van der Waals surface area (Å²) >= 11 is 0. The van der Waals surface area contributed by atoms with Crippen molar-refractivity contribution in [3.63, 3.8) is 0 Å². The number of unbranched alkanes of at least 4 members (excludes halogenated alkanes) is 3. The summed E-state index contributed by atoms with van der Waals surface area (Å²) in [5.74, 6) is 0.747. The minimum Gasteiger partial charge on any atom is -0.0851 e. The molecule has 0 aliphatic rings. The lowest BCUT2D eigenvalue weighted by atomic mass is 9.99. The molecule has 0 aromatic heterocycles. The van der Waals surface area contributed by atoms with Gasteiger partial charge < -0.3 is 0 Å². The molecule has 0 rings (SSSR count). The first-order valence-electron chi connectivity index (χ1n) is 5.41. The lowest BCUT2D eigenvalue weighted by Gasteiger charge is -2.08. The van der Waals surface area contributed by atoms with Crippen LogP contribution in [0.2, 0.25) is 0 Å². The number of hydrogen-bond acceptors (Lipinski definition) is 0. The van der Waals surface area contributed by atoms with Crippen LogP contribution in [0.5, 0.6) is 0 Å². The van der Waals surface area contributed by atoms with Crippen molar-refractivity contribution >= 4 is 0 Å². The van der Waals surface area contributed by atoms with Gasteiger partial charge in [0.1, 0.15) is 0 Å². The average molecular weight is 168 g/mol. The van der Waals surface area contributed by atoms with Gasteiger partial charge in [-0.25, -0.2) is 0 Å². The SMILES string of the molecule is CCCCC/C=C(\CC)C(C)C. The lowest BCUT2D eigenvalue weighted by Crippen LogP contribution is -1.92. The van der Waals surface area contributed by atoms with Gasteiger partial charge >= 0.3 is 0 Å². The van der Waals surface area contributed by atoms with Crippen molar-refractivity contribution in [3.8, 4) is 0 Å². The van der Waals surface area contributed by atoms with E-state index in [9.17, 15) is 0 Å². The zero-order chi connectivity index (χ0) is 9.40. The molecule has 0 spiro atoms. The molecule has 0 aliphatic heterocycles. The molecule has 0 radical (unpaired) electrons. The summed E-state index contributed by atoms with van der Waals surface area (Å²) in [6.07, 6.45) is 9.04. The summed E-state index contributed by atoms with van der Waals surface area (Å²) in [7, 11) is 0. The minimum atomic E-state index is 0.747. The third-order valence-corrected chi connectivity index (χ3v) is 2.36. The Morgan fingerprint density at radius 1 is 1.17 bits per heavy atom. The largest absolute Gasteiger partial charge is 0.0851 e. The Kier molecular flexibility index (Phi) is 7.23. The summed E-state index contributed by atoms with van der Waals surface area (Å²) in [5.41, 5.74) is 1.63. The zero-order valence-corrected chi connectivity index (χ0v) is 9.19. The first kappa shape index (κ1) is 11.7. The Morgan fingerprint density at radius 3 is 2.25 bits per heavy atom. The van der Waals surface area contributed by atoms with Gasteiger partial charge in [-0.05, 0) is 25.2 Å². The number of allylic oxidation sites excluding steroid dienone is 2. The van der Waals surface area contributed by atoms with Gasteiger partial charge in [0.15, 0.2) is 0 Å². The second-order valence-corrected chi connectivity index (χ2v) is 3.78. The summed E-state index contributed by atoms with van der Waals surface area (Å²) in [5, 5.41) is 0. The molecule has 0 heteroatoms. The smallest absolute Gasteiger partial charge is 0.0260 e. The highest BCUT2D eigenvalue weighted by atomic mass is 14.0. The van der Waals surface area contributed by atoms with E-state index in [4.69, 9.17) is 0 Å². The van der Waals surface area contributed by atoms with Gasteiger partial charge in [0, 0.05) is 0 Å². The molecule has 0 fully saturated rings. The van der Waals surface area contributed by atoms with Crippen molar-refractivity contribution in [2.24, 2.45) is 5.92 Å². The topological polar surface area (TPSA) is 0 Å². The molecule has 0 N–H and O–H groups in total. The molecule has 0 amide bonds. The third kappa shape index (κ3) is 5.40. The molecule has 0 unspecified atom stereocenters. The standard InChI is InChI=1S/C12H24/c1-5-7-8-9-10-12(6-2)11(3)4/h10-11H,5-9H2,1-4H3/b12-10+. The molecule has 0 bridgehead atoms. The fourth-order valence-corrected chi connectivity index (χ4v) is 1.47. The van der Waals surface area contributed by atoms with Crippen LogP contribution < -0.4 is 0 Å². The quantitative estimate of drug-likeness (QED) is 0.403. The van der Waals surface area contributed by atoms with E-state index in [0.717, 1.165) is 5.92 Å². The van der Waals surface area contributed by atoms with E-state index < -0.39 is 0 Å². The van der Waals surface area contributed by atoms with E-state index in [-0.39, 0.29) is 0 Å². The van der Waals surface area contributed by atoms with Crippen molar-refractivity contribution in [2.45, 2.75) is 59.8 Å². The zero-order valence-electron chi connectivity index (χ0n) is 9.19. The monoisotopic (exact) mass is 168 g/mol. The fourth-order valence-electron chi connectivity index (χ4n) is 1.47. The number of hydrogen-bond donors (Lipinski definition) is 0.